The van der Waals surface area contributed by atoms with Crippen molar-refractivity contribution in [2.75, 3.05) is 38.6 Å². The molecule has 1 amide bonds. The topological polar surface area (TPSA) is 304 Å². The molecule has 0 saturated carbocycles. The molecule has 0 radical (unpaired) electrons. The van der Waals surface area contributed by atoms with Gasteiger partial charge in [-0.3, -0.25) is 18.5 Å². The predicted octanol–water partition coefficient (Wildman–Crippen LogP) is -0.508. The van der Waals surface area contributed by atoms with E-state index in [1.165, 1.54) is 59.6 Å². The number of phosphoric ester groups is 2. The van der Waals surface area contributed by atoms with Gasteiger partial charge in [-0.05, 0) is 41.6 Å². The van der Waals surface area contributed by atoms with E-state index in [9.17, 15) is 39.0 Å². The third-order valence-corrected chi connectivity index (χ3v) is 11.2. The fourth-order valence-electron chi connectivity index (χ4n) is 5.26. The van der Waals surface area contributed by atoms with Crippen molar-refractivity contribution in [2.24, 2.45) is 5.73 Å². The molecule has 3 aromatic rings. The summed E-state index contributed by atoms with van der Waals surface area (Å²) in [7, 11) is -10.9. The first kappa shape index (κ1) is 41.2. The van der Waals surface area contributed by atoms with Gasteiger partial charge in [0, 0.05) is 12.5 Å². The van der Waals surface area contributed by atoms with Crippen LogP contribution in [0.2, 0.25) is 0 Å². The molecular formula is C27H41BrN8O13P2. The number of pyridine rings is 1. The van der Waals surface area contributed by atoms with Crippen LogP contribution in [0.5, 0.6) is 0 Å². The Morgan fingerprint density at radius 1 is 1.12 bits per heavy atom. The number of aliphatic hydroxyl groups excluding tert-OH is 3. The molecule has 3 aromatic heterocycles. The van der Waals surface area contributed by atoms with Crippen LogP contribution in [0.1, 0.15) is 50.0 Å². The summed E-state index contributed by atoms with van der Waals surface area (Å²) in [5.74, 6) is -0.656. The summed E-state index contributed by atoms with van der Waals surface area (Å²) in [6.45, 7) is 8.42. The van der Waals surface area contributed by atoms with E-state index < -0.39 is 77.7 Å². The van der Waals surface area contributed by atoms with Crippen molar-refractivity contribution in [1.82, 2.24) is 24.4 Å². The van der Waals surface area contributed by atoms with Gasteiger partial charge in [0.25, 0.3) is 20.0 Å². The summed E-state index contributed by atoms with van der Waals surface area (Å²) in [6.07, 6.45) is -5.39. The fraction of sp³-hybridized carbons (Fsp3) is 0.593. The van der Waals surface area contributed by atoms with E-state index in [0.29, 0.717) is 0 Å². The van der Waals surface area contributed by atoms with Crippen LogP contribution in [0.15, 0.2) is 35.6 Å². The second-order valence-corrected chi connectivity index (χ2v) is 15.0. The second-order valence-electron chi connectivity index (χ2n) is 11.3. The number of aliphatic hydroxyl groups is 3. The minimum absolute atomic E-state index is 0.0244. The van der Waals surface area contributed by atoms with Crippen molar-refractivity contribution in [3.8, 4) is 0 Å². The zero-order valence-electron chi connectivity index (χ0n) is 27.7. The number of hydrogen-bond acceptors (Lipinski definition) is 17. The lowest BCUT2D eigenvalue weighted by molar-refractivity contribution is -0.765. The average Bonchev–Trinajstić information content (AvgIpc) is 3.71. The average molecular weight is 828 g/mol. The van der Waals surface area contributed by atoms with Gasteiger partial charge in [-0.1, -0.05) is 20.8 Å². The number of nitrogens with zero attached hydrogens (tertiary/aromatic N) is 6. The monoisotopic (exact) mass is 826 g/mol. The quantitative estimate of drug-likeness (QED) is 0.0677. The molecule has 2 saturated heterocycles. The third-order valence-electron chi connectivity index (χ3n) is 8.04. The van der Waals surface area contributed by atoms with Crippen LogP contribution in [-0.2, 0) is 32.0 Å². The Balaban J connectivity index is 0.000000755. The molecule has 51 heavy (non-hydrogen) atoms. The Hall–Kier alpha value is -2.53. The van der Waals surface area contributed by atoms with Crippen molar-refractivity contribution in [3.63, 3.8) is 0 Å². The zero-order chi connectivity index (χ0) is 37.7. The normalized spacial score (nSPS) is 27.2. The first-order valence-corrected chi connectivity index (χ1v) is 19.4. The number of ether oxygens (including phenoxy) is 2. The Morgan fingerprint density at radius 2 is 1.78 bits per heavy atom. The number of hydrogen-bond donors (Lipinski definition) is 6. The van der Waals surface area contributed by atoms with Gasteiger partial charge in [-0.25, -0.2) is 23.8 Å². The van der Waals surface area contributed by atoms with Gasteiger partial charge in [-0.2, -0.15) is 4.57 Å². The van der Waals surface area contributed by atoms with Gasteiger partial charge in [0.2, 0.25) is 0 Å². The summed E-state index contributed by atoms with van der Waals surface area (Å²) in [5, 5.41) is 31.2. The van der Waals surface area contributed by atoms with Crippen LogP contribution in [-0.4, -0.2) is 114 Å². The molecule has 2 aliphatic heterocycles. The minimum Gasteiger partial charge on any atom is -0.756 e. The van der Waals surface area contributed by atoms with Crippen LogP contribution in [0.25, 0.3) is 11.2 Å². The number of amides is 1. The Morgan fingerprint density at radius 3 is 2.41 bits per heavy atom. The van der Waals surface area contributed by atoms with Crippen LogP contribution in [0.4, 0.5) is 5.82 Å². The highest BCUT2D eigenvalue weighted by Gasteiger charge is 2.49. The first-order valence-electron chi connectivity index (χ1n) is 15.7. The van der Waals surface area contributed by atoms with Gasteiger partial charge < -0.3 is 55.5 Å². The van der Waals surface area contributed by atoms with E-state index in [1.54, 1.807) is 0 Å². The standard InChI is InChI=1S/C21H26BrN7O13P2.C6H15N/c22-21-27-14-17(23)25-8-26-19(14)29(21)13-4-10(30)11(40-13)6-38-43(34,35)42-44(36,37)39-7-12-15(31)16(32)20(41-12)28-3-1-2-9(5-28)18(24)33;1-4-7(5-2)6-3/h1-3,5,8,10-13,15-16,20,30-32H,4,6-7H2,(H5-,23,24,25,26,33,34,35,36,37);4-6H2,1-3H3/t10-,11+,12+,13+,15+,16+,20+;/m0./s1. The molecule has 2 aliphatic rings. The van der Waals surface area contributed by atoms with Crippen molar-refractivity contribution in [3.05, 3.63) is 41.2 Å². The summed E-state index contributed by atoms with van der Waals surface area (Å²) >= 11 is 3.26. The number of carbonyl (C=O) groups excluding carboxylic acids is 1. The number of carbonyl (C=O) groups is 1. The van der Waals surface area contributed by atoms with E-state index in [4.69, 9.17) is 25.5 Å². The van der Waals surface area contributed by atoms with E-state index in [2.05, 4.69) is 65.4 Å². The minimum atomic E-state index is -5.57. The van der Waals surface area contributed by atoms with Gasteiger partial charge in [0.1, 0.15) is 36.4 Å². The summed E-state index contributed by atoms with van der Waals surface area (Å²) in [5.41, 5.74) is 11.7. The van der Waals surface area contributed by atoms with Crippen molar-refractivity contribution >= 4 is 54.5 Å². The van der Waals surface area contributed by atoms with Crippen LogP contribution < -0.4 is 20.9 Å². The van der Waals surface area contributed by atoms with Crippen LogP contribution in [0.3, 0.4) is 0 Å². The molecule has 0 aliphatic carbocycles. The second kappa shape index (κ2) is 17.5. The molecule has 24 heteroatoms. The molecule has 0 aromatic carbocycles. The first-order chi connectivity index (χ1) is 24.0. The van der Waals surface area contributed by atoms with E-state index in [1.807, 2.05) is 0 Å². The molecule has 9 atom stereocenters. The number of primary amides is 1. The molecule has 5 rings (SSSR count). The smallest absolute Gasteiger partial charge is 0.478 e. The molecule has 2 fully saturated rings. The van der Waals surface area contributed by atoms with Crippen LogP contribution >= 0.6 is 31.6 Å². The number of rotatable bonds is 14. The van der Waals surface area contributed by atoms with Gasteiger partial charge in [-0.15, -0.1) is 0 Å². The highest BCUT2D eigenvalue weighted by Crippen LogP contribution is 2.58. The largest absolute Gasteiger partial charge is 0.756 e. The maximum absolute atomic E-state index is 12.4. The van der Waals surface area contributed by atoms with Crippen molar-refractivity contribution in [1.29, 1.82) is 0 Å². The highest BCUT2D eigenvalue weighted by molar-refractivity contribution is 9.10. The molecule has 284 valence electrons. The number of imidazole rings is 1. The van der Waals surface area contributed by atoms with E-state index in [0.717, 1.165) is 0 Å². The lowest BCUT2D eigenvalue weighted by Crippen LogP contribution is -2.46. The molecule has 0 spiro atoms. The van der Waals surface area contributed by atoms with E-state index >= 15 is 0 Å². The van der Waals surface area contributed by atoms with Gasteiger partial charge in [0.05, 0.1) is 19.3 Å². The Kier molecular flexibility index (Phi) is 14.2. The number of nitrogens with two attached hydrogens (primary N) is 2. The maximum Gasteiger partial charge on any atom is 0.478 e. The fourth-order valence-corrected chi connectivity index (χ4v) is 7.89. The lowest BCUT2D eigenvalue weighted by Gasteiger charge is -2.26. The number of fused-ring (bicyclic) bond motifs is 1. The Labute approximate surface area is 300 Å². The molecule has 5 heterocycles. The van der Waals surface area contributed by atoms with Gasteiger partial charge >= 0.3 is 7.82 Å². The molecule has 21 nitrogen and oxygen atoms in total. The number of phosphoric acid groups is 2. The van der Waals surface area contributed by atoms with Gasteiger partial charge in [0.15, 0.2) is 40.2 Å². The van der Waals surface area contributed by atoms with E-state index in [-0.39, 0.29) is 33.7 Å². The van der Waals surface area contributed by atoms with Crippen molar-refractivity contribution < 1.29 is 66.4 Å². The number of anilines is 1. The Bertz CT molecular complexity index is 1750. The number of nitrogen functional groups attached to an aromatic ring is 1. The van der Waals surface area contributed by atoms with Crippen LogP contribution in [0, 0.1) is 0 Å². The zero-order valence-corrected chi connectivity index (χ0v) is 31.1. The SMILES string of the molecule is CCN(CC)CC.NC(=O)c1ccc[n+]([C@@H]2O[C@H](COP(=O)([O-])OP(=O)(O)OC[C@H]3O[C@@H](n4c(Br)nc5c(N)ncnc54)C[C@@H]3O)[C@@H](O)[C@H]2O)c1. The highest BCUT2D eigenvalue weighted by atomic mass is 79.9. The molecular weight excluding hydrogens is 786 g/mol. The number of aromatic nitrogens is 5. The van der Waals surface area contributed by atoms with Crippen molar-refractivity contribution in [2.45, 2.75) is 70.2 Å². The third kappa shape index (κ3) is 10.3. The summed E-state index contributed by atoms with van der Waals surface area (Å²) < 4.78 is 52.5. The molecule has 8 N–H and O–H groups in total. The molecule has 0 bridgehead atoms. The maximum atomic E-state index is 12.4. The summed E-state index contributed by atoms with van der Waals surface area (Å²) in [6, 6.07) is 2.84. The number of halogens is 1. The lowest BCUT2D eigenvalue weighted by atomic mass is 10.1. The predicted molar refractivity (Wildman–Crippen MR) is 177 cm³/mol. The molecule has 2 unspecified atom stereocenters. The summed E-state index contributed by atoms with van der Waals surface area (Å²) in [4.78, 5) is 48.3.